The molecular weight excluding hydrogens is 329 g/mol. The van der Waals surface area contributed by atoms with Crippen LogP contribution in [0, 0.1) is 11.7 Å². The maximum atomic E-state index is 13.6. The summed E-state index contributed by atoms with van der Waals surface area (Å²) >= 11 is 5.86. The number of nitrogens with one attached hydrogen (secondary N) is 2. The van der Waals surface area contributed by atoms with Crippen LogP contribution < -0.4 is 16.4 Å². The number of hydrogen-bond donors (Lipinski definition) is 3. The summed E-state index contributed by atoms with van der Waals surface area (Å²) in [5.74, 6) is 0.0573. The SMILES string of the molecule is C[C@@H](CNc1cc(Cl)ccc1F)NC(=O)[C@@H](N)CC1CCCCC1. The van der Waals surface area contributed by atoms with Gasteiger partial charge in [-0.2, -0.15) is 0 Å². The van der Waals surface area contributed by atoms with Crippen molar-refractivity contribution < 1.29 is 9.18 Å². The van der Waals surface area contributed by atoms with Gasteiger partial charge in [-0.1, -0.05) is 43.7 Å². The van der Waals surface area contributed by atoms with Crippen molar-refractivity contribution in [2.75, 3.05) is 11.9 Å². The van der Waals surface area contributed by atoms with Crippen molar-refractivity contribution >= 4 is 23.2 Å². The molecule has 1 amide bonds. The van der Waals surface area contributed by atoms with Gasteiger partial charge in [-0.25, -0.2) is 4.39 Å². The Hall–Kier alpha value is -1.33. The molecule has 1 fully saturated rings. The molecule has 134 valence electrons. The second-order valence-electron chi connectivity index (χ2n) is 6.76. The summed E-state index contributed by atoms with van der Waals surface area (Å²) in [4.78, 5) is 12.2. The Labute approximate surface area is 148 Å². The summed E-state index contributed by atoms with van der Waals surface area (Å²) < 4.78 is 13.6. The van der Waals surface area contributed by atoms with E-state index in [1.54, 1.807) is 0 Å². The van der Waals surface area contributed by atoms with Crippen molar-refractivity contribution in [3.05, 3.63) is 29.0 Å². The standard InChI is InChI=1S/C18H27ClFN3O/c1-12(11-22-17-10-14(19)7-8-15(17)20)23-18(24)16(21)9-13-5-3-2-4-6-13/h7-8,10,12-13,16,22H,2-6,9,11,21H2,1H3,(H,23,24)/t12-,16-/m0/s1. The quantitative estimate of drug-likeness (QED) is 0.698. The van der Waals surface area contributed by atoms with Gasteiger partial charge in [-0.3, -0.25) is 4.79 Å². The number of nitrogens with two attached hydrogens (primary N) is 1. The van der Waals surface area contributed by atoms with Gasteiger partial charge in [0.05, 0.1) is 11.7 Å². The lowest BCUT2D eigenvalue weighted by Crippen LogP contribution is -2.47. The Morgan fingerprint density at radius 2 is 2.08 bits per heavy atom. The monoisotopic (exact) mass is 355 g/mol. The van der Waals surface area contributed by atoms with E-state index in [4.69, 9.17) is 17.3 Å². The predicted molar refractivity (Wildman–Crippen MR) is 96.7 cm³/mol. The molecule has 1 aliphatic rings. The van der Waals surface area contributed by atoms with Gasteiger partial charge >= 0.3 is 0 Å². The van der Waals surface area contributed by atoms with E-state index in [2.05, 4.69) is 10.6 Å². The van der Waals surface area contributed by atoms with Crippen molar-refractivity contribution in [2.45, 2.75) is 57.5 Å². The molecule has 6 heteroatoms. The van der Waals surface area contributed by atoms with Crippen molar-refractivity contribution in [3.63, 3.8) is 0 Å². The number of hydrogen-bond acceptors (Lipinski definition) is 3. The van der Waals surface area contributed by atoms with E-state index in [1.807, 2.05) is 6.92 Å². The molecule has 0 radical (unpaired) electrons. The first kappa shape index (κ1) is 19.0. The molecule has 24 heavy (non-hydrogen) atoms. The van der Waals surface area contributed by atoms with Crippen LogP contribution >= 0.6 is 11.6 Å². The summed E-state index contributed by atoms with van der Waals surface area (Å²) in [5.41, 5.74) is 6.37. The van der Waals surface area contributed by atoms with Crippen LogP contribution in [0.3, 0.4) is 0 Å². The van der Waals surface area contributed by atoms with Crippen molar-refractivity contribution in [3.8, 4) is 0 Å². The van der Waals surface area contributed by atoms with Gasteiger partial charge in [0, 0.05) is 17.6 Å². The first-order valence-corrected chi connectivity index (χ1v) is 9.08. The van der Waals surface area contributed by atoms with Gasteiger partial charge in [0.2, 0.25) is 5.91 Å². The number of amides is 1. The third-order valence-corrected chi connectivity index (χ3v) is 4.80. The zero-order chi connectivity index (χ0) is 17.5. The Morgan fingerprint density at radius 1 is 1.38 bits per heavy atom. The van der Waals surface area contributed by atoms with Crippen LogP contribution in [-0.2, 0) is 4.79 Å². The molecule has 4 nitrogen and oxygen atoms in total. The average molecular weight is 356 g/mol. The van der Waals surface area contributed by atoms with Gasteiger partial charge < -0.3 is 16.4 Å². The summed E-state index contributed by atoms with van der Waals surface area (Å²) in [6.07, 6.45) is 6.86. The van der Waals surface area contributed by atoms with Crippen molar-refractivity contribution in [1.82, 2.24) is 5.32 Å². The van der Waals surface area contributed by atoms with Crippen LogP contribution in [-0.4, -0.2) is 24.5 Å². The second kappa shape index (κ2) is 9.23. The fraction of sp³-hybridized carbons (Fsp3) is 0.611. The molecule has 1 aliphatic carbocycles. The number of halogens is 2. The molecule has 0 aromatic heterocycles. The summed E-state index contributed by atoms with van der Waals surface area (Å²) in [5, 5.41) is 6.32. The van der Waals surface area contributed by atoms with E-state index in [9.17, 15) is 9.18 Å². The fourth-order valence-electron chi connectivity index (χ4n) is 3.19. The maximum absolute atomic E-state index is 13.6. The van der Waals surface area contributed by atoms with E-state index in [0.717, 1.165) is 6.42 Å². The average Bonchev–Trinajstić information content (AvgIpc) is 2.56. The van der Waals surface area contributed by atoms with Crippen LogP contribution in [0.25, 0.3) is 0 Å². The van der Waals surface area contributed by atoms with Crippen molar-refractivity contribution in [1.29, 1.82) is 0 Å². The highest BCUT2D eigenvalue weighted by Gasteiger charge is 2.22. The Kier molecular flexibility index (Phi) is 7.31. The van der Waals surface area contributed by atoms with Crippen LogP contribution in [0.2, 0.25) is 5.02 Å². The van der Waals surface area contributed by atoms with E-state index in [0.29, 0.717) is 23.2 Å². The first-order chi connectivity index (χ1) is 11.5. The molecule has 2 rings (SSSR count). The number of carbonyl (C=O) groups is 1. The molecule has 1 aromatic rings. The lowest BCUT2D eigenvalue weighted by Gasteiger charge is -2.25. The Morgan fingerprint density at radius 3 is 2.79 bits per heavy atom. The summed E-state index contributed by atoms with van der Waals surface area (Å²) in [6.45, 7) is 2.26. The molecule has 1 saturated carbocycles. The zero-order valence-electron chi connectivity index (χ0n) is 14.2. The minimum absolute atomic E-state index is 0.138. The molecule has 1 aromatic carbocycles. The Bertz CT molecular complexity index is 549. The zero-order valence-corrected chi connectivity index (χ0v) is 14.9. The number of carbonyl (C=O) groups excluding carboxylic acids is 1. The normalized spacial score (nSPS) is 18.0. The lowest BCUT2D eigenvalue weighted by molar-refractivity contribution is -0.123. The number of anilines is 1. The molecule has 0 bridgehead atoms. The number of benzene rings is 1. The van der Waals surface area contributed by atoms with Crippen LogP contribution in [0.4, 0.5) is 10.1 Å². The molecule has 0 unspecified atom stereocenters. The van der Waals surface area contributed by atoms with Crippen LogP contribution in [0.1, 0.15) is 45.4 Å². The smallest absolute Gasteiger partial charge is 0.237 e. The molecule has 0 aliphatic heterocycles. The summed E-state index contributed by atoms with van der Waals surface area (Å²) in [7, 11) is 0. The minimum atomic E-state index is -0.474. The van der Waals surface area contributed by atoms with Crippen LogP contribution in [0.5, 0.6) is 0 Å². The van der Waals surface area contributed by atoms with Gasteiger partial charge in [0.25, 0.3) is 0 Å². The third kappa shape index (κ3) is 5.95. The highest BCUT2D eigenvalue weighted by molar-refractivity contribution is 6.30. The third-order valence-electron chi connectivity index (χ3n) is 4.56. The van der Waals surface area contributed by atoms with Gasteiger partial charge in [-0.15, -0.1) is 0 Å². The predicted octanol–water partition coefficient (Wildman–Crippen LogP) is 3.69. The van der Waals surface area contributed by atoms with Crippen LogP contribution in [0.15, 0.2) is 18.2 Å². The highest BCUT2D eigenvalue weighted by atomic mass is 35.5. The van der Waals surface area contributed by atoms with Crippen molar-refractivity contribution in [2.24, 2.45) is 11.7 Å². The van der Waals surface area contributed by atoms with E-state index < -0.39 is 6.04 Å². The van der Waals surface area contributed by atoms with Gasteiger partial charge in [-0.05, 0) is 37.5 Å². The van der Waals surface area contributed by atoms with Gasteiger partial charge in [0.1, 0.15) is 5.82 Å². The van der Waals surface area contributed by atoms with E-state index in [-0.39, 0.29) is 17.8 Å². The topological polar surface area (TPSA) is 67.1 Å². The number of rotatable bonds is 7. The molecule has 2 atom stereocenters. The first-order valence-electron chi connectivity index (χ1n) is 8.70. The molecule has 0 heterocycles. The Balaban J connectivity index is 1.75. The van der Waals surface area contributed by atoms with E-state index in [1.165, 1.54) is 50.3 Å². The lowest BCUT2D eigenvalue weighted by atomic mass is 9.85. The molecule has 4 N–H and O–H groups in total. The largest absolute Gasteiger partial charge is 0.381 e. The highest BCUT2D eigenvalue weighted by Crippen LogP contribution is 2.27. The van der Waals surface area contributed by atoms with E-state index >= 15 is 0 Å². The molecule has 0 spiro atoms. The fourth-order valence-corrected chi connectivity index (χ4v) is 3.36. The van der Waals surface area contributed by atoms with Gasteiger partial charge in [0.15, 0.2) is 0 Å². The molecular formula is C18H27ClFN3O. The minimum Gasteiger partial charge on any atom is -0.381 e. The second-order valence-corrected chi connectivity index (χ2v) is 7.20. The molecule has 0 saturated heterocycles. The maximum Gasteiger partial charge on any atom is 0.237 e. The summed E-state index contributed by atoms with van der Waals surface area (Å²) in [6, 6.07) is 3.71.